The molecule has 0 radical (unpaired) electrons. The lowest BCUT2D eigenvalue weighted by Gasteiger charge is -2.05. The smallest absolute Gasteiger partial charge is 0.0884 e. The van der Waals surface area contributed by atoms with Crippen LogP contribution in [0.15, 0.2) is 12.3 Å². The van der Waals surface area contributed by atoms with E-state index in [1.807, 2.05) is 6.92 Å². The van der Waals surface area contributed by atoms with Crippen molar-refractivity contribution in [3.63, 3.8) is 0 Å². The maximum Gasteiger partial charge on any atom is 0.0884 e. The SMILES string of the molecule is C=C(CC[C@H](C)N)OC. The van der Waals surface area contributed by atoms with Gasteiger partial charge in [-0.15, -0.1) is 0 Å². The minimum Gasteiger partial charge on any atom is -0.502 e. The molecule has 0 unspecified atom stereocenters. The first-order valence-corrected chi connectivity index (χ1v) is 3.14. The standard InChI is InChI=1S/C7H15NO/c1-6(8)4-5-7(2)9-3/h6H,2,4-5,8H2,1,3H3/t6-/m0/s1. The molecule has 0 amide bonds. The molecule has 0 bridgehead atoms. The van der Waals surface area contributed by atoms with Gasteiger partial charge in [0.15, 0.2) is 0 Å². The number of ether oxygens (including phenoxy) is 1. The number of hydrogen-bond acceptors (Lipinski definition) is 2. The number of nitrogens with two attached hydrogens (primary N) is 1. The Bertz CT molecular complexity index is 88.9. The Morgan fingerprint density at radius 3 is 2.67 bits per heavy atom. The van der Waals surface area contributed by atoms with E-state index in [0.717, 1.165) is 18.6 Å². The fraction of sp³-hybridized carbons (Fsp3) is 0.714. The Balaban J connectivity index is 3.17. The topological polar surface area (TPSA) is 35.2 Å². The van der Waals surface area contributed by atoms with Gasteiger partial charge in [0.2, 0.25) is 0 Å². The Labute approximate surface area is 56.7 Å². The monoisotopic (exact) mass is 129 g/mol. The van der Waals surface area contributed by atoms with Crippen molar-refractivity contribution in [2.75, 3.05) is 7.11 Å². The van der Waals surface area contributed by atoms with Crippen molar-refractivity contribution in [2.45, 2.75) is 25.8 Å². The van der Waals surface area contributed by atoms with Crippen LogP contribution in [0.2, 0.25) is 0 Å². The van der Waals surface area contributed by atoms with E-state index >= 15 is 0 Å². The van der Waals surface area contributed by atoms with Crippen LogP contribution in [0.5, 0.6) is 0 Å². The summed E-state index contributed by atoms with van der Waals surface area (Å²) in [5.74, 6) is 0.812. The van der Waals surface area contributed by atoms with Crippen molar-refractivity contribution < 1.29 is 4.74 Å². The molecule has 0 aromatic carbocycles. The summed E-state index contributed by atoms with van der Waals surface area (Å²) in [6.45, 7) is 5.64. The second-order valence-electron chi connectivity index (χ2n) is 2.26. The van der Waals surface area contributed by atoms with E-state index < -0.39 is 0 Å². The molecule has 1 atom stereocenters. The van der Waals surface area contributed by atoms with E-state index in [4.69, 9.17) is 10.5 Å². The van der Waals surface area contributed by atoms with Gasteiger partial charge in [-0.2, -0.15) is 0 Å². The summed E-state index contributed by atoms with van der Waals surface area (Å²) >= 11 is 0. The summed E-state index contributed by atoms with van der Waals surface area (Å²) in [6.07, 6.45) is 1.82. The number of allylic oxidation sites excluding steroid dienone is 1. The molecular weight excluding hydrogens is 114 g/mol. The molecule has 0 aliphatic heterocycles. The van der Waals surface area contributed by atoms with Gasteiger partial charge in [-0.25, -0.2) is 0 Å². The van der Waals surface area contributed by atoms with Crippen molar-refractivity contribution in [1.29, 1.82) is 0 Å². The lowest BCUT2D eigenvalue weighted by Crippen LogP contribution is -2.14. The minimum absolute atomic E-state index is 0.247. The van der Waals surface area contributed by atoms with Crippen molar-refractivity contribution in [3.05, 3.63) is 12.3 Å². The van der Waals surface area contributed by atoms with E-state index in [2.05, 4.69) is 6.58 Å². The fourth-order valence-corrected chi connectivity index (χ4v) is 0.491. The molecule has 2 nitrogen and oxygen atoms in total. The molecule has 0 spiro atoms. The summed E-state index contributed by atoms with van der Waals surface area (Å²) in [7, 11) is 1.63. The van der Waals surface area contributed by atoms with Gasteiger partial charge in [0, 0.05) is 12.5 Å². The predicted molar refractivity (Wildman–Crippen MR) is 39.0 cm³/mol. The summed E-state index contributed by atoms with van der Waals surface area (Å²) in [6, 6.07) is 0.247. The van der Waals surface area contributed by atoms with Crippen LogP contribution in [0.1, 0.15) is 19.8 Å². The Morgan fingerprint density at radius 1 is 1.78 bits per heavy atom. The van der Waals surface area contributed by atoms with Crippen molar-refractivity contribution in [1.82, 2.24) is 0 Å². The van der Waals surface area contributed by atoms with E-state index in [0.29, 0.717) is 0 Å². The molecule has 0 aromatic rings. The second kappa shape index (κ2) is 4.39. The lowest BCUT2D eigenvalue weighted by molar-refractivity contribution is 0.275. The zero-order valence-corrected chi connectivity index (χ0v) is 6.18. The highest BCUT2D eigenvalue weighted by Gasteiger charge is 1.95. The van der Waals surface area contributed by atoms with Crippen LogP contribution in [0.4, 0.5) is 0 Å². The Hall–Kier alpha value is -0.500. The summed E-state index contributed by atoms with van der Waals surface area (Å²) < 4.78 is 4.85. The van der Waals surface area contributed by atoms with Crippen LogP contribution < -0.4 is 5.73 Å². The number of methoxy groups -OCH3 is 1. The van der Waals surface area contributed by atoms with E-state index in [-0.39, 0.29) is 6.04 Å². The van der Waals surface area contributed by atoms with Crippen molar-refractivity contribution >= 4 is 0 Å². The lowest BCUT2D eigenvalue weighted by atomic mass is 10.2. The first-order valence-electron chi connectivity index (χ1n) is 3.14. The molecule has 2 N–H and O–H groups in total. The third-order valence-electron chi connectivity index (χ3n) is 1.17. The fourth-order valence-electron chi connectivity index (χ4n) is 0.491. The average molecular weight is 129 g/mol. The van der Waals surface area contributed by atoms with Crippen molar-refractivity contribution in [2.24, 2.45) is 5.73 Å². The van der Waals surface area contributed by atoms with Crippen LogP contribution in [0.25, 0.3) is 0 Å². The van der Waals surface area contributed by atoms with Crippen LogP contribution in [-0.2, 0) is 4.74 Å². The summed E-state index contributed by atoms with van der Waals surface area (Å²) in [5.41, 5.74) is 5.50. The van der Waals surface area contributed by atoms with Gasteiger partial charge in [0.25, 0.3) is 0 Å². The van der Waals surface area contributed by atoms with Crippen LogP contribution >= 0.6 is 0 Å². The maximum atomic E-state index is 5.50. The molecule has 0 aromatic heterocycles. The zero-order valence-electron chi connectivity index (χ0n) is 6.18. The maximum absolute atomic E-state index is 5.50. The highest BCUT2D eigenvalue weighted by molar-refractivity contribution is 4.82. The molecule has 2 heteroatoms. The summed E-state index contributed by atoms with van der Waals surface area (Å²) in [5, 5.41) is 0. The van der Waals surface area contributed by atoms with Crippen LogP contribution in [0, 0.1) is 0 Å². The van der Waals surface area contributed by atoms with Gasteiger partial charge in [0.1, 0.15) is 0 Å². The first kappa shape index (κ1) is 8.50. The van der Waals surface area contributed by atoms with Crippen molar-refractivity contribution in [3.8, 4) is 0 Å². The zero-order chi connectivity index (χ0) is 7.28. The highest BCUT2D eigenvalue weighted by atomic mass is 16.5. The third-order valence-corrected chi connectivity index (χ3v) is 1.17. The normalized spacial score (nSPS) is 12.8. The van der Waals surface area contributed by atoms with Crippen LogP contribution in [0.3, 0.4) is 0 Å². The molecule has 0 heterocycles. The Morgan fingerprint density at radius 2 is 2.33 bits per heavy atom. The third kappa shape index (κ3) is 5.37. The molecule has 9 heavy (non-hydrogen) atoms. The van der Waals surface area contributed by atoms with Gasteiger partial charge >= 0.3 is 0 Å². The predicted octanol–water partition coefficient (Wildman–Crippen LogP) is 1.27. The minimum atomic E-state index is 0.247. The number of rotatable bonds is 4. The average Bonchev–Trinajstić information content (AvgIpc) is 1.83. The molecule has 0 fully saturated rings. The molecule has 0 aliphatic carbocycles. The highest BCUT2D eigenvalue weighted by Crippen LogP contribution is 2.03. The molecule has 54 valence electrons. The largest absolute Gasteiger partial charge is 0.502 e. The molecule has 0 saturated heterocycles. The van der Waals surface area contributed by atoms with Gasteiger partial charge in [-0.3, -0.25) is 0 Å². The van der Waals surface area contributed by atoms with Gasteiger partial charge in [-0.05, 0) is 13.3 Å². The molecular formula is C7H15NO. The van der Waals surface area contributed by atoms with Gasteiger partial charge in [0.05, 0.1) is 12.9 Å². The van der Waals surface area contributed by atoms with E-state index in [9.17, 15) is 0 Å². The second-order valence-corrected chi connectivity index (χ2v) is 2.26. The van der Waals surface area contributed by atoms with E-state index in [1.165, 1.54) is 0 Å². The van der Waals surface area contributed by atoms with Crippen LogP contribution in [-0.4, -0.2) is 13.2 Å². The van der Waals surface area contributed by atoms with E-state index in [1.54, 1.807) is 7.11 Å². The van der Waals surface area contributed by atoms with Gasteiger partial charge in [-0.1, -0.05) is 6.58 Å². The Kier molecular flexibility index (Phi) is 4.14. The molecule has 0 aliphatic rings. The quantitative estimate of drug-likeness (QED) is 0.580. The van der Waals surface area contributed by atoms with Gasteiger partial charge < -0.3 is 10.5 Å². The summed E-state index contributed by atoms with van der Waals surface area (Å²) in [4.78, 5) is 0. The first-order chi connectivity index (χ1) is 4.16. The molecule has 0 saturated carbocycles. The number of hydrogen-bond donors (Lipinski definition) is 1. The molecule has 0 rings (SSSR count).